The van der Waals surface area contributed by atoms with Crippen molar-refractivity contribution in [2.45, 2.75) is 25.3 Å². The zero-order valence-electron chi connectivity index (χ0n) is 13.4. The van der Waals surface area contributed by atoms with Gasteiger partial charge < -0.3 is 10.2 Å². The summed E-state index contributed by atoms with van der Waals surface area (Å²) in [6.07, 6.45) is 7.68. The van der Waals surface area contributed by atoms with Gasteiger partial charge in [0.15, 0.2) is 5.65 Å². The van der Waals surface area contributed by atoms with Crippen LogP contribution in [-0.4, -0.2) is 27.5 Å². The van der Waals surface area contributed by atoms with Gasteiger partial charge in [-0.15, -0.1) is 0 Å². The maximum atomic E-state index is 4.46. The number of hydrogen-bond donors (Lipinski definition) is 1. The second-order valence-electron chi connectivity index (χ2n) is 6.77. The molecule has 1 saturated heterocycles. The van der Waals surface area contributed by atoms with Gasteiger partial charge in [-0.05, 0) is 61.6 Å². The molecule has 120 valence electrons. The van der Waals surface area contributed by atoms with Crippen LogP contribution in [0.25, 0.3) is 11.0 Å². The maximum absolute atomic E-state index is 4.46. The summed E-state index contributed by atoms with van der Waals surface area (Å²) in [6.45, 7) is 1.22. The third-order valence-corrected chi connectivity index (χ3v) is 5.22. The molecule has 3 aromatic rings. The van der Waals surface area contributed by atoms with E-state index >= 15 is 0 Å². The van der Waals surface area contributed by atoms with Gasteiger partial charge in [0.25, 0.3) is 0 Å². The first-order valence-corrected chi connectivity index (χ1v) is 8.57. The van der Waals surface area contributed by atoms with Gasteiger partial charge >= 0.3 is 0 Å². The summed E-state index contributed by atoms with van der Waals surface area (Å²) in [5, 5.41) is 4.21. The number of piperidine rings is 1. The van der Waals surface area contributed by atoms with Crippen molar-refractivity contribution in [3.8, 4) is 0 Å². The molecule has 1 aliphatic carbocycles. The highest BCUT2D eigenvalue weighted by Crippen LogP contribution is 2.40. The minimum atomic E-state index is 0.578. The van der Waals surface area contributed by atoms with Gasteiger partial charge in [-0.3, -0.25) is 0 Å². The van der Waals surface area contributed by atoms with Gasteiger partial charge in [-0.2, -0.15) is 4.98 Å². The molecule has 5 rings (SSSR count). The van der Waals surface area contributed by atoms with Gasteiger partial charge in [0.05, 0.1) is 0 Å². The number of aromatic nitrogens is 3. The van der Waals surface area contributed by atoms with Crippen molar-refractivity contribution in [3.63, 3.8) is 0 Å². The van der Waals surface area contributed by atoms with Crippen LogP contribution in [0.5, 0.6) is 0 Å². The van der Waals surface area contributed by atoms with Gasteiger partial charge in [0, 0.05) is 41.7 Å². The summed E-state index contributed by atoms with van der Waals surface area (Å²) in [7, 11) is 0. The Labute approximate surface area is 140 Å². The Hall–Kier alpha value is -2.69. The van der Waals surface area contributed by atoms with E-state index in [2.05, 4.69) is 49.4 Å². The van der Waals surface area contributed by atoms with Crippen LogP contribution >= 0.6 is 0 Å². The topological polar surface area (TPSA) is 53.9 Å². The van der Waals surface area contributed by atoms with Crippen LogP contribution in [0.15, 0.2) is 48.8 Å². The molecule has 2 aromatic heterocycles. The molecule has 5 heteroatoms. The van der Waals surface area contributed by atoms with Gasteiger partial charge in [0.1, 0.15) is 0 Å². The quantitative estimate of drug-likeness (QED) is 0.797. The molecular formula is C19H19N5. The molecule has 1 aromatic carbocycles. The number of benzene rings is 1. The number of fused-ring (bicyclic) bond motifs is 3. The number of anilines is 3. The second kappa shape index (κ2) is 5.44. The van der Waals surface area contributed by atoms with Crippen LogP contribution in [0.4, 0.5) is 17.3 Å². The number of hydrogen-bond acceptors (Lipinski definition) is 5. The molecular weight excluding hydrogens is 298 g/mol. The van der Waals surface area contributed by atoms with Crippen LogP contribution in [0, 0.1) is 5.92 Å². The average Bonchev–Trinajstić information content (AvgIpc) is 3.26. The zero-order chi connectivity index (χ0) is 15.9. The molecule has 2 bridgehead atoms. The molecule has 0 amide bonds. The highest BCUT2D eigenvalue weighted by molar-refractivity contribution is 5.74. The summed E-state index contributed by atoms with van der Waals surface area (Å²) in [6, 6.07) is 13.2. The number of nitrogens with zero attached hydrogens (tertiary/aromatic N) is 4. The van der Waals surface area contributed by atoms with Crippen LogP contribution in [0.2, 0.25) is 0 Å². The van der Waals surface area contributed by atoms with Crippen molar-refractivity contribution in [2.24, 2.45) is 5.92 Å². The molecule has 2 fully saturated rings. The Morgan fingerprint density at radius 3 is 2.75 bits per heavy atom. The first-order chi connectivity index (χ1) is 11.8. The number of rotatable bonds is 3. The van der Waals surface area contributed by atoms with E-state index in [1.807, 2.05) is 12.1 Å². The van der Waals surface area contributed by atoms with Gasteiger partial charge in [-0.1, -0.05) is 0 Å². The third-order valence-electron chi connectivity index (χ3n) is 5.22. The van der Waals surface area contributed by atoms with Gasteiger partial charge in [-0.25, -0.2) is 9.97 Å². The van der Waals surface area contributed by atoms with E-state index in [-0.39, 0.29) is 0 Å². The Bertz CT molecular complexity index is 876. The second-order valence-corrected chi connectivity index (χ2v) is 6.77. The van der Waals surface area contributed by atoms with Crippen molar-refractivity contribution >= 4 is 28.4 Å². The summed E-state index contributed by atoms with van der Waals surface area (Å²) in [5.41, 5.74) is 3.03. The monoisotopic (exact) mass is 317 g/mol. The van der Waals surface area contributed by atoms with E-state index in [4.69, 9.17) is 0 Å². The highest BCUT2D eigenvalue weighted by Gasteiger charge is 2.37. The largest absolute Gasteiger partial charge is 0.368 e. The minimum absolute atomic E-state index is 0.578. The number of nitrogens with one attached hydrogen (secondary N) is 1. The summed E-state index contributed by atoms with van der Waals surface area (Å²) < 4.78 is 0. The third kappa shape index (κ3) is 2.37. The van der Waals surface area contributed by atoms with Crippen molar-refractivity contribution in [1.82, 2.24) is 15.0 Å². The lowest BCUT2D eigenvalue weighted by atomic mass is 10.1. The van der Waals surface area contributed by atoms with Gasteiger partial charge in [0.2, 0.25) is 5.95 Å². The zero-order valence-corrected chi connectivity index (χ0v) is 13.4. The van der Waals surface area contributed by atoms with E-state index in [1.165, 1.54) is 31.5 Å². The molecule has 2 aliphatic rings. The smallest absolute Gasteiger partial charge is 0.229 e. The highest BCUT2D eigenvalue weighted by atomic mass is 15.2. The molecule has 1 aliphatic heterocycles. The molecule has 24 heavy (non-hydrogen) atoms. The van der Waals surface area contributed by atoms with E-state index in [1.54, 1.807) is 12.4 Å². The predicted octanol–water partition coefficient (Wildman–Crippen LogP) is 3.76. The van der Waals surface area contributed by atoms with E-state index in [9.17, 15) is 0 Å². The molecule has 0 spiro atoms. The predicted molar refractivity (Wildman–Crippen MR) is 95.5 cm³/mol. The summed E-state index contributed by atoms with van der Waals surface area (Å²) in [5.74, 6) is 1.49. The summed E-state index contributed by atoms with van der Waals surface area (Å²) >= 11 is 0. The van der Waals surface area contributed by atoms with Crippen LogP contribution < -0.4 is 10.2 Å². The lowest BCUT2D eigenvalue weighted by Crippen LogP contribution is -2.31. The summed E-state index contributed by atoms with van der Waals surface area (Å²) in [4.78, 5) is 15.7. The fourth-order valence-corrected chi connectivity index (χ4v) is 4.03. The normalized spacial score (nSPS) is 22.2. The molecule has 3 heterocycles. The standard InChI is InChI=1S/C19H19N5/c1-2-14-11-21-19(23-18(14)20-9-1)22-15-4-7-16(8-5-15)24-12-13-3-6-17(24)10-13/h1-2,4-5,7-9,11,13,17H,3,6,10,12H2,(H,20,21,22,23). The average molecular weight is 317 g/mol. The fourth-order valence-electron chi connectivity index (χ4n) is 4.03. The Balaban J connectivity index is 1.35. The maximum Gasteiger partial charge on any atom is 0.229 e. The number of pyridine rings is 1. The van der Waals surface area contributed by atoms with Crippen molar-refractivity contribution in [3.05, 3.63) is 48.8 Å². The molecule has 0 radical (unpaired) electrons. The lowest BCUT2D eigenvalue weighted by molar-refractivity contribution is 0.553. The molecule has 2 atom stereocenters. The molecule has 1 N–H and O–H groups in total. The van der Waals surface area contributed by atoms with Crippen molar-refractivity contribution < 1.29 is 0 Å². The Kier molecular flexibility index (Phi) is 3.11. The van der Waals surface area contributed by atoms with E-state index in [0.29, 0.717) is 11.6 Å². The van der Waals surface area contributed by atoms with E-state index in [0.717, 1.165) is 23.0 Å². The fraction of sp³-hybridized carbons (Fsp3) is 0.316. The van der Waals surface area contributed by atoms with Crippen molar-refractivity contribution in [2.75, 3.05) is 16.8 Å². The lowest BCUT2D eigenvalue weighted by Gasteiger charge is -2.29. The van der Waals surface area contributed by atoms with Crippen molar-refractivity contribution in [1.29, 1.82) is 0 Å². The Morgan fingerprint density at radius 2 is 1.96 bits per heavy atom. The Morgan fingerprint density at radius 1 is 1.04 bits per heavy atom. The molecule has 2 unspecified atom stereocenters. The molecule has 1 saturated carbocycles. The minimum Gasteiger partial charge on any atom is -0.368 e. The molecule has 5 nitrogen and oxygen atoms in total. The van der Waals surface area contributed by atoms with Crippen LogP contribution in [0.1, 0.15) is 19.3 Å². The first kappa shape index (κ1) is 13.7. The SMILES string of the molecule is c1cnc2nc(Nc3ccc(N4CC5CCC4C5)cc3)ncc2c1. The first-order valence-electron chi connectivity index (χ1n) is 8.57. The van der Waals surface area contributed by atoms with E-state index < -0.39 is 0 Å². The van der Waals surface area contributed by atoms with Crippen LogP contribution in [-0.2, 0) is 0 Å². The van der Waals surface area contributed by atoms with Crippen LogP contribution in [0.3, 0.4) is 0 Å².